The molecule has 0 bridgehead atoms. The van der Waals surface area contributed by atoms with E-state index in [4.69, 9.17) is 0 Å². The molecule has 2 heterocycles. The molecule has 1 unspecified atom stereocenters. The van der Waals surface area contributed by atoms with E-state index in [9.17, 15) is 0 Å². The Morgan fingerprint density at radius 2 is 2.32 bits per heavy atom. The third-order valence-electron chi connectivity index (χ3n) is 3.63. The van der Waals surface area contributed by atoms with Crippen molar-refractivity contribution in [3.05, 3.63) is 48.0 Å². The van der Waals surface area contributed by atoms with Gasteiger partial charge in [-0.25, -0.2) is 4.98 Å². The van der Waals surface area contributed by atoms with Crippen LogP contribution in [0.4, 0.5) is 0 Å². The third kappa shape index (κ3) is 2.69. The van der Waals surface area contributed by atoms with Crippen molar-refractivity contribution in [1.29, 1.82) is 0 Å². The fourth-order valence-corrected chi connectivity index (χ4v) is 3.69. The van der Waals surface area contributed by atoms with Crippen LogP contribution in [-0.4, -0.2) is 15.3 Å². The zero-order chi connectivity index (χ0) is 13.1. The zero-order valence-electron chi connectivity index (χ0n) is 11.2. The first-order valence-electron chi connectivity index (χ1n) is 6.82. The van der Waals surface area contributed by atoms with Crippen LogP contribution in [0.25, 0.3) is 0 Å². The number of thioether (sulfide) groups is 1. The highest BCUT2D eigenvalue weighted by atomic mass is 32.2. The van der Waals surface area contributed by atoms with Crippen LogP contribution in [0.2, 0.25) is 0 Å². The van der Waals surface area contributed by atoms with E-state index in [1.807, 2.05) is 24.3 Å². The molecule has 100 valence electrons. The van der Waals surface area contributed by atoms with Gasteiger partial charge in [-0.1, -0.05) is 18.2 Å². The summed E-state index contributed by atoms with van der Waals surface area (Å²) in [5.41, 5.74) is 2.71. The van der Waals surface area contributed by atoms with Crippen molar-refractivity contribution in [3.63, 3.8) is 0 Å². The Labute approximate surface area is 118 Å². The molecule has 1 N–H and O–H groups in total. The van der Waals surface area contributed by atoms with E-state index in [1.54, 1.807) is 0 Å². The SMILES string of the molecule is CCn1cncc1CNC1CCSc2ccccc21. The quantitative estimate of drug-likeness (QED) is 0.927. The number of aryl methyl sites for hydroxylation is 1. The molecule has 0 saturated carbocycles. The summed E-state index contributed by atoms with van der Waals surface area (Å²) >= 11 is 1.97. The summed E-state index contributed by atoms with van der Waals surface area (Å²) in [6, 6.07) is 9.20. The normalized spacial score (nSPS) is 18.3. The van der Waals surface area contributed by atoms with Gasteiger partial charge in [0.2, 0.25) is 0 Å². The smallest absolute Gasteiger partial charge is 0.0948 e. The van der Waals surface area contributed by atoms with Crippen molar-refractivity contribution in [2.24, 2.45) is 0 Å². The average molecular weight is 273 g/mol. The lowest BCUT2D eigenvalue weighted by Crippen LogP contribution is -2.25. The van der Waals surface area contributed by atoms with Crippen LogP contribution in [-0.2, 0) is 13.1 Å². The van der Waals surface area contributed by atoms with Gasteiger partial charge >= 0.3 is 0 Å². The van der Waals surface area contributed by atoms with Gasteiger partial charge in [0, 0.05) is 30.2 Å². The number of nitrogens with one attached hydrogen (secondary N) is 1. The Kier molecular flexibility index (Phi) is 3.89. The fraction of sp³-hybridized carbons (Fsp3) is 0.400. The molecule has 0 aliphatic carbocycles. The van der Waals surface area contributed by atoms with Gasteiger partial charge in [-0.2, -0.15) is 0 Å². The van der Waals surface area contributed by atoms with Gasteiger partial charge in [0.1, 0.15) is 0 Å². The Morgan fingerprint density at radius 1 is 1.42 bits per heavy atom. The zero-order valence-corrected chi connectivity index (χ0v) is 12.0. The molecule has 1 aliphatic heterocycles. The Balaban J connectivity index is 1.71. The maximum atomic E-state index is 4.22. The molecule has 4 heteroatoms. The van der Waals surface area contributed by atoms with Gasteiger partial charge in [-0.05, 0) is 30.7 Å². The number of hydrogen-bond donors (Lipinski definition) is 1. The number of rotatable bonds is 4. The number of aromatic nitrogens is 2. The predicted octanol–water partition coefficient (Wildman–Crippen LogP) is 3.23. The molecule has 1 aliphatic rings. The molecule has 1 atom stereocenters. The predicted molar refractivity (Wildman–Crippen MR) is 79.3 cm³/mol. The van der Waals surface area contributed by atoms with Crippen LogP contribution < -0.4 is 5.32 Å². The molecule has 0 fully saturated rings. The average Bonchev–Trinajstić information content (AvgIpc) is 2.92. The lowest BCUT2D eigenvalue weighted by molar-refractivity contribution is 0.496. The Morgan fingerprint density at radius 3 is 3.21 bits per heavy atom. The standard InChI is InChI=1S/C15H19N3S/c1-2-18-11-16-9-12(18)10-17-14-7-8-19-15-6-4-3-5-13(14)15/h3-6,9,11,14,17H,2,7-8,10H2,1H3. The number of nitrogens with zero attached hydrogens (tertiary/aromatic N) is 2. The maximum Gasteiger partial charge on any atom is 0.0948 e. The van der Waals surface area contributed by atoms with Crippen LogP contribution >= 0.6 is 11.8 Å². The van der Waals surface area contributed by atoms with E-state index >= 15 is 0 Å². The van der Waals surface area contributed by atoms with Crippen molar-refractivity contribution in [1.82, 2.24) is 14.9 Å². The topological polar surface area (TPSA) is 29.9 Å². The largest absolute Gasteiger partial charge is 0.334 e. The van der Waals surface area contributed by atoms with Crippen LogP contribution in [0.3, 0.4) is 0 Å². The lowest BCUT2D eigenvalue weighted by Gasteiger charge is -2.26. The second-order valence-corrected chi connectivity index (χ2v) is 5.92. The van der Waals surface area contributed by atoms with Crippen LogP contribution in [0.15, 0.2) is 41.7 Å². The highest BCUT2D eigenvalue weighted by molar-refractivity contribution is 7.99. The van der Waals surface area contributed by atoms with Crippen LogP contribution in [0.1, 0.15) is 30.6 Å². The fourth-order valence-electron chi connectivity index (χ4n) is 2.56. The molecule has 3 rings (SSSR count). The van der Waals surface area contributed by atoms with Gasteiger partial charge in [0.15, 0.2) is 0 Å². The first-order valence-corrected chi connectivity index (χ1v) is 7.81. The third-order valence-corrected chi connectivity index (χ3v) is 4.75. The molecule has 0 amide bonds. The lowest BCUT2D eigenvalue weighted by atomic mass is 10.0. The molecule has 1 aromatic heterocycles. The summed E-state index contributed by atoms with van der Waals surface area (Å²) < 4.78 is 2.19. The van der Waals surface area contributed by atoms with E-state index in [0.717, 1.165) is 13.1 Å². The molecule has 0 radical (unpaired) electrons. The number of imidazole rings is 1. The first kappa shape index (κ1) is 12.8. The Bertz CT molecular complexity index is 550. The number of benzene rings is 1. The summed E-state index contributed by atoms with van der Waals surface area (Å²) in [5.74, 6) is 1.20. The van der Waals surface area contributed by atoms with Crippen molar-refractivity contribution in [3.8, 4) is 0 Å². The van der Waals surface area contributed by atoms with Gasteiger partial charge < -0.3 is 9.88 Å². The summed E-state index contributed by atoms with van der Waals surface area (Å²) in [7, 11) is 0. The van der Waals surface area contributed by atoms with E-state index < -0.39 is 0 Å². The molecule has 2 aromatic rings. The van der Waals surface area contributed by atoms with Crippen molar-refractivity contribution >= 4 is 11.8 Å². The molecule has 1 aromatic carbocycles. The minimum absolute atomic E-state index is 0.470. The Hall–Kier alpha value is -1.26. The monoisotopic (exact) mass is 273 g/mol. The van der Waals surface area contributed by atoms with E-state index in [-0.39, 0.29) is 0 Å². The molecule has 19 heavy (non-hydrogen) atoms. The van der Waals surface area contributed by atoms with E-state index in [2.05, 4.69) is 46.1 Å². The van der Waals surface area contributed by atoms with Crippen molar-refractivity contribution in [2.45, 2.75) is 37.4 Å². The van der Waals surface area contributed by atoms with Gasteiger partial charge in [-0.3, -0.25) is 0 Å². The van der Waals surface area contributed by atoms with Crippen molar-refractivity contribution < 1.29 is 0 Å². The molecular formula is C15H19N3S. The summed E-state index contributed by atoms with van der Waals surface area (Å²) in [5, 5.41) is 3.68. The second-order valence-electron chi connectivity index (χ2n) is 4.78. The minimum Gasteiger partial charge on any atom is -0.334 e. The maximum absolute atomic E-state index is 4.22. The highest BCUT2D eigenvalue weighted by Crippen LogP contribution is 2.35. The van der Waals surface area contributed by atoms with Crippen LogP contribution in [0.5, 0.6) is 0 Å². The van der Waals surface area contributed by atoms with Gasteiger partial charge in [-0.15, -0.1) is 11.8 Å². The molecule has 0 spiro atoms. The van der Waals surface area contributed by atoms with Gasteiger partial charge in [0.05, 0.1) is 12.0 Å². The number of hydrogen-bond acceptors (Lipinski definition) is 3. The molecular weight excluding hydrogens is 254 g/mol. The summed E-state index contributed by atoms with van der Waals surface area (Å²) in [6.45, 7) is 4.02. The summed E-state index contributed by atoms with van der Waals surface area (Å²) in [4.78, 5) is 5.65. The van der Waals surface area contributed by atoms with E-state index in [1.165, 1.54) is 28.3 Å². The van der Waals surface area contributed by atoms with Crippen LogP contribution in [0, 0.1) is 0 Å². The van der Waals surface area contributed by atoms with E-state index in [0.29, 0.717) is 6.04 Å². The second kappa shape index (κ2) is 5.80. The first-order chi connectivity index (χ1) is 9.38. The molecule has 0 saturated heterocycles. The van der Waals surface area contributed by atoms with Crippen molar-refractivity contribution in [2.75, 3.05) is 5.75 Å². The number of fused-ring (bicyclic) bond motifs is 1. The molecule has 3 nitrogen and oxygen atoms in total. The minimum atomic E-state index is 0.470. The highest BCUT2D eigenvalue weighted by Gasteiger charge is 2.19. The van der Waals surface area contributed by atoms with Gasteiger partial charge in [0.25, 0.3) is 0 Å². The summed E-state index contributed by atoms with van der Waals surface area (Å²) in [6.07, 6.45) is 5.06.